The minimum atomic E-state index is -0.176. The molecule has 0 radical (unpaired) electrons. The first-order valence-corrected chi connectivity index (χ1v) is 10.6. The lowest BCUT2D eigenvalue weighted by Gasteiger charge is -2.14. The third-order valence-electron chi connectivity index (χ3n) is 5.14. The van der Waals surface area contributed by atoms with Gasteiger partial charge in [-0.3, -0.25) is 9.48 Å². The predicted octanol–water partition coefficient (Wildman–Crippen LogP) is 3.85. The van der Waals surface area contributed by atoms with E-state index in [0.29, 0.717) is 45.5 Å². The largest absolute Gasteiger partial charge is 0.494 e. The first-order valence-electron chi connectivity index (χ1n) is 10.6. The van der Waals surface area contributed by atoms with Crippen LogP contribution in [0, 0.1) is 0 Å². The minimum Gasteiger partial charge on any atom is -0.494 e. The molecule has 34 heavy (non-hydrogen) atoms. The first kappa shape index (κ1) is 22.8. The van der Waals surface area contributed by atoms with Gasteiger partial charge in [-0.25, -0.2) is 9.97 Å². The Morgan fingerprint density at radius 1 is 1.00 bits per heavy atom. The maximum absolute atomic E-state index is 12.5. The van der Waals surface area contributed by atoms with Crippen molar-refractivity contribution in [2.75, 3.05) is 26.6 Å². The fourth-order valence-electron chi connectivity index (χ4n) is 3.44. The maximum Gasteiger partial charge on any atom is 0.230 e. The van der Waals surface area contributed by atoms with Crippen molar-refractivity contribution in [3.05, 3.63) is 54.6 Å². The summed E-state index contributed by atoms with van der Waals surface area (Å²) >= 11 is 0. The van der Waals surface area contributed by atoms with Crippen LogP contribution < -0.4 is 24.3 Å². The van der Waals surface area contributed by atoms with Gasteiger partial charge in [-0.05, 0) is 30.7 Å². The van der Waals surface area contributed by atoms with E-state index in [1.165, 1.54) is 13.4 Å². The van der Waals surface area contributed by atoms with E-state index >= 15 is 0 Å². The fraction of sp³-hybridized carbons (Fsp3) is 0.250. The normalized spacial score (nSPS) is 10.7. The topological polar surface area (TPSA) is 110 Å². The number of ether oxygens (including phenoxy) is 4. The quantitative estimate of drug-likeness (QED) is 0.399. The molecular weight excluding hydrogens is 438 g/mol. The third kappa shape index (κ3) is 4.85. The number of hydrogen-bond donors (Lipinski definition) is 1. The van der Waals surface area contributed by atoms with Gasteiger partial charge in [0, 0.05) is 24.9 Å². The van der Waals surface area contributed by atoms with E-state index in [1.807, 2.05) is 13.1 Å². The molecule has 10 nitrogen and oxygen atoms in total. The molecule has 4 aromatic rings. The summed E-state index contributed by atoms with van der Waals surface area (Å²) in [6.07, 6.45) is 5.16. The number of fused-ring (bicyclic) bond motifs is 1. The number of aromatic nitrogens is 4. The van der Waals surface area contributed by atoms with Gasteiger partial charge in [-0.1, -0.05) is 0 Å². The molecule has 0 atom stereocenters. The number of carbonyl (C=O) groups is 1. The van der Waals surface area contributed by atoms with Crippen LogP contribution in [0.1, 0.15) is 12.5 Å². The van der Waals surface area contributed by atoms with E-state index in [-0.39, 0.29) is 12.3 Å². The van der Waals surface area contributed by atoms with Crippen LogP contribution >= 0.6 is 0 Å². The Morgan fingerprint density at radius 2 is 1.76 bits per heavy atom. The zero-order valence-electron chi connectivity index (χ0n) is 19.4. The molecule has 4 rings (SSSR count). The first-order chi connectivity index (χ1) is 16.5. The number of aryl methyl sites for hydroxylation is 1. The van der Waals surface area contributed by atoms with Gasteiger partial charge < -0.3 is 24.3 Å². The number of nitrogens with one attached hydrogen (secondary N) is 1. The number of anilines is 1. The maximum atomic E-state index is 12.5. The summed E-state index contributed by atoms with van der Waals surface area (Å²) in [5.41, 5.74) is 2.01. The van der Waals surface area contributed by atoms with Crippen LogP contribution in [0.2, 0.25) is 0 Å². The van der Waals surface area contributed by atoms with E-state index < -0.39 is 0 Å². The summed E-state index contributed by atoms with van der Waals surface area (Å²) in [6.45, 7) is 2.74. The number of amides is 1. The zero-order chi connectivity index (χ0) is 24.1. The van der Waals surface area contributed by atoms with Crippen LogP contribution in [0.15, 0.2) is 49.1 Å². The second kappa shape index (κ2) is 10.1. The Kier molecular flexibility index (Phi) is 6.77. The van der Waals surface area contributed by atoms with E-state index in [1.54, 1.807) is 55.4 Å². The molecule has 0 saturated carbocycles. The average molecular weight is 463 g/mol. The fourth-order valence-corrected chi connectivity index (χ4v) is 3.44. The van der Waals surface area contributed by atoms with E-state index in [4.69, 9.17) is 18.9 Å². The zero-order valence-corrected chi connectivity index (χ0v) is 19.4. The van der Waals surface area contributed by atoms with E-state index in [2.05, 4.69) is 20.4 Å². The van der Waals surface area contributed by atoms with Crippen LogP contribution in [0.25, 0.3) is 10.9 Å². The van der Waals surface area contributed by atoms with Crippen molar-refractivity contribution in [2.45, 2.75) is 19.9 Å². The van der Waals surface area contributed by atoms with Crippen molar-refractivity contribution in [3.8, 4) is 28.9 Å². The second-order valence-corrected chi connectivity index (χ2v) is 7.30. The van der Waals surface area contributed by atoms with Gasteiger partial charge >= 0.3 is 0 Å². The Labute approximate surface area is 196 Å². The second-order valence-electron chi connectivity index (χ2n) is 7.30. The Morgan fingerprint density at radius 3 is 2.47 bits per heavy atom. The van der Waals surface area contributed by atoms with Gasteiger partial charge in [0.2, 0.25) is 11.8 Å². The van der Waals surface area contributed by atoms with E-state index in [9.17, 15) is 4.79 Å². The van der Waals surface area contributed by atoms with Crippen LogP contribution in [0.4, 0.5) is 5.69 Å². The Balaban J connectivity index is 1.54. The molecule has 10 heteroatoms. The highest BCUT2D eigenvalue weighted by Crippen LogP contribution is 2.37. The monoisotopic (exact) mass is 463 g/mol. The highest BCUT2D eigenvalue weighted by atomic mass is 16.5. The molecule has 176 valence electrons. The van der Waals surface area contributed by atoms with Crippen molar-refractivity contribution in [1.29, 1.82) is 0 Å². The highest BCUT2D eigenvalue weighted by molar-refractivity contribution is 5.93. The smallest absolute Gasteiger partial charge is 0.230 e. The van der Waals surface area contributed by atoms with Crippen molar-refractivity contribution >= 4 is 22.5 Å². The molecule has 0 bridgehead atoms. The lowest BCUT2D eigenvalue weighted by molar-refractivity contribution is -0.115. The van der Waals surface area contributed by atoms with Crippen LogP contribution in [0.3, 0.4) is 0 Å². The summed E-state index contributed by atoms with van der Waals surface area (Å²) < 4.78 is 24.0. The van der Waals surface area contributed by atoms with Crippen molar-refractivity contribution in [3.63, 3.8) is 0 Å². The van der Waals surface area contributed by atoms with Gasteiger partial charge in [-0.15, -0.1) is 0 Å². The van der Waals surface area contributed by atoms with Gasteiger partial charge in [0.1, 0.15) is 17.8 Å². The number of hydrogen-bond acceptors (Lipinski definition) is 8. The Hall–Kier alpha value is -4.34. The molecule has 0 saturated heterocycles. The van der Waals surface area contributed by atoms with Crippen molar-refractivity contribution < 1.29 is 23.7 Å². The lowest BCUT2D eigenvalue weighted by Crippen LogP contribution is -2.14. The van der Waals surface area contributed by atoms with Gasteiger partial charge in [0.05, 0.1) is 50.5 Å². The number of methoxy groups -OCH3 is 3. The SMILES string of the molecule is CCn1cc(CC(=O)Nc2ccc(Oc3ncnc4cc(OC)c(OC)cc34)cc2OC)cn1. The minimum absolute atomic E-state index is 0.176. The summed E-state index contributed by atoms with van der Waals surface area (Å²) in [5, 5.41) is 7.72. The predicted molar refractivity (Wildman–Crippen MR) is 126 cm³/mol. The van der Waals surface area contributed by atoms with Crippen LogP contribution in [0.5, 0.6) is 28.9 Å². The molecule has 2 aromatic carbocycles. The molecule has 0 aliphatic heterocycles. The lowest BCUT2D eigenvalue weighted by atomic mass is 10.2. The molecule has 0 unspecified atom stereocenters. The van der Waals surface area contributed by atoms with Crippen LogP contribution in [-0.4, -0.2) is 47.0 Å². The molecule has 0 aliphatic carbocycles. The summed E-state index contributed by atoms with van der Waals surface area (Å²) in [5.74, 6) is 2.20. The number of carbonyl (C=O) groups excluding carboxylic acids is 1. The molecule has 2 heterocycles. The molecule has 0 spiro atoms. The molecular formula is C24H25N5O5. The Bertz CT molecular complexity index is 1320. The number of nitrogens with zero attached hydrogens (tertiary/aromatic N) is 4. The summed E-state index contributed by atoms with van der Waals surface area (Å²) in [7, 11) is 4.64. The van der Waals surface area contributed by atoms with E-state index in [0.717, 1.165) is 12.1 Å². The molecule has 1 N–H and O–H groups in total. The van der Waals surface area contributed by atoms with Gasteiger partial charge in [0.15, 0.2) is 11.5 Å². The molecule has 1 amide bonds. The highest BCUT2D eigenvalue weighted by Gasteiger charge is 2.15. The van der Waals surface area contributed by atoms with Gasteiger partial charge in [-0.2, -0.15) is 5.10 Å². The summed E-state index contributed by atoms with van der Waals surface area (Å²) in [4.78, 5) is 21.1. The van der Waals surface area contributed by atoms with Crippen molar-refractivity contribution in [2.24, 2.45) is 0 Å². The molecule has 0 aliphatic rings. The summed E-state index contributed by atoms with van der Waals surface area (Å²) in [6, 6.07) is 8.64. The van der Waals surface area contributed by atoms with Gasteiger partial charge in [0.25, 0.3) is 0 Å². The molecule has 2 aromatic heterocycles. The number of rotatable bonds is 9. The number of benzene rings is 2. The molecule has 0 fully saturated rings. The van der Waals surface area contributed by atoms with Crippen molar-refractivity contribution in [1.82, 2.24) is 19.7 Å². The average Bonchev–Trinajstić information content (AvgIpc) is 3.31. The van der Waals surface area contributed by atoms with Crippen LogP contribution in [-0.2, 0) is 17.8 Å². The third-order valence-corrected chi connectivity index (χ3v) is 5.14. The standard InChI is InChI=1S/C24H25N5O5/c1-5-29-13-15(12-27-29)8-23(30)28-18-7-6-16(9-20(18)31-2)34-24-17-10-21(32-3)22(33-4)11-19(17)25-14-26-24/h6-7,9-14H,5,8H2,1-4H3,(H,28,30).